The minimum Gasteiger partial charge on any atom is -0.450 e. The summed E-state index contributed by atoms with van der Waals surface area (Å²) >= 11 is 0. The first-order chi connectivity index (χ1) is 10.1. The molecule has 0 spiro atoms. The molecule has 0 saturated heterocycles. The van der Waals surface area contributed by atoms with Crippen LogP contribution in [0.3, 0.4) is 0 Å². The lowest BCUT2D eigenvalue weighted by atomic mass is 10.1. The second-order valence-electron chi connectivity index (χ2n) is 5.73. The highest BCUT2D eigenvalue weighted by Crippen LogP contribution is 2.05. The van der Waals surface area contributed by atoms with Crippen molar-refractivity contribution in [3.8, 4) is 0 Å². The zero-order valence-electron chi connectivity index (χ0n) is 13.9. The summed E-state index contributed by atoms with van der Waals surface area (Å²) < 4.78 is 4.77. The van der Waals surface area contributed by atoms with E-state index in [-0.39, 0.29) is 6.09 Å². The van der Waals surface area contributed by atoms with E-state index in [4.69, 9.17) is 4.74 Å². The zero-order chi connectivity index (χ0) is 15.9. The van der Waals surface area contributed by atoms with Gasteiger partial charge < -0.3 is 15.4 Å². The lowest BCUT2D eigenvalue weighted by Crippen LogP contribution is -2.26. The van der Waals surface area contributed by atoms with Gasteiger partial charge in [-0.25, -0.2) is 4.79 Å². The molecule has 1 amide bonds. The average Bonchev–Trinajstić information content (AvgIpc) is 2.41. The Bertz CT molecular complexity index is 281. The van der Waals surface area contributed by atoms with Crippen molar-refractivity contribution in [1.82, 2.24) is 10.6 Å². The fourth-order valence-corrected chi connectivity index (χ4v) is 1.94. The van der Waals surface area contributed by atoms with Gasteiger partial charge in [0.2, 0.25) is 0 Å². The van der Waals surface area contributed by atoms with Crippen LogP contribution in [0.4, 0.5) is 4.79 Å². The monoisotopic (exact) mass is 300 g/mol. The van der Waals surface area contributed by atoms with Crippen molar-refractivity contribution >= 4 is 11.9 Å². The maximum absolute atomic E-state index is 11.6. The highest BCUT2D eigenvalue weighted by atomic mass is 16.5. The van der Waals surface area contributed by atoms with Crippen molar-refractivity contribution < 1.29 is 14.3 Å². The van der Waals surface area contributed by atoms with Crippen LogP contribution >= 0.6 is 0 Å². The van der Waals surface area contributed by atoms with Crippen LogP contribution in [0.15, 0.2) is 0 Å². The van der Waals surface area contributed by atoms with E-state index in [9.17, 15) is 9.59 Å². The van der Waals surface area contributed by atoms with Crippen molar-refractivity contribution in [2.24, 2.45) is 5.92 Å². The summed E-state index contributed by atoms with van der Waals surface area (Å²) in [6.45, 7) is 8.53. The summed E-state index contributed by atoms with van der Waals surface area (Å²) in [6, 6.07) is 0. The lowest BCUT2D eigenvalue weighted by molar-refractivity contribution is -0.118. The number of amides is 1. The number of carbonyl (C=O) groups is 2. The molecule has 0 aromatic rings. The third kappa shape index (κ3) is 15.1. The fraction of sp³-hybridized carbons (Fsp3) is 0.875. The van der Waals surface area contributed by atoms with Crippen LogP contribution in [0.2, 0.25) is 0 Å². The minimum atomic E-state index is -0.336. The molecule has 0 saturated carbocycles. The fourth-order valence-electron chi connectivity index (χ4n) is 1.94. The molecule has 0 rings (SSSR count). The Hall–Kier alpha value is -1.10. The molecule has 0 aliphatic carbocycles. The normalized spacial score (nSPS) is 10.7. The van der Waals surface area contributed by atoms with Crippen LogP contribution in [0.1, 0.15) is 59.3 Å². The first kappa shape index (κ1) is 19.9. The maximum Gasteiger partial charge on any atom is 0.407 e. The van der Waals surface area contributed by atoms with Crippen LogP contribution in [0.25, 0.3) is 0 Å². The summed E-state index contributed by atoms with van der Waals surface area (Å²) in [5.74, 6) is 0.889. The van der Waals surface area contributed by atoms with Gasteiger partial charge in [-0.05, 0) is 32.2 Å². The van der Waals surface area contributed by atoms with E-state index < -0.39 is 0 Å². The minimum absolute atomic E-state index is 0.305. The SMILES string of the molecule is CCOC(=O)NCCCCCCCC(=O)CNCC(C)C. The molecule has 0 fully saturated rings. The molecule has 0 bridgehead atoms. The van der Waals surface area contributed by atoms with Crippen molar-refractivity contribution in [3.05, 3.63) is 0 Å². The summed E-state index contributed by atoms with van der Waals surface area (Å²) in [4.78, 5) is 22.6. The quantitative estimate of drug-likeness (QED) is 0.513. The van der Waals surface area contributed by atoms with Crippen LogP contribution in [0.5, 0.6) is 0 Å². The predicted molar refractivity (Wildman–Crippen MR) is 85.4 cm³/mol. The van der Waals surface area contributed by atoms with Gasteiger partial charge in [0.25, 0.3) is 0 Å². The number of ether oxygens (including phenoxy) is 1. The van der Waals surface area contributed by atoms with Crippen molar-refractivity contribution in [2.75, 3.05) is 26.2 Å². The number of alkyl carbamates (subject to hydrolysis) is 1. The van der Waals surface area contributed by atoms with Gasteiger partial charge in [0.15, 0.2) is 0 Å². The molecular weight excluding hydrogens is 268 g/mol. The Morgan fingerprint density at radius 2 is 1.71 bits per heavy atom. The summed E-state index contributed by atoms with van der Waals surface area (Å²) in [7, 11) is 0. The first-order valence-electron chi connectivity index (χ1n) is 8.19. The van der Waals surface area contributed by atoms with Crippen LogP contribution in [0, 0.1) is 5.92 Å². The van der Waals surface area contributed by atoms with E-state index in [0.29, 0.717) is 37.8 Å². The van der Waals surface area contributed by atoms with Gasteiger partial charge in [0.1, 0.15) is 5.78 Å². The van der Waals surface area contributed by atoms with Gasteiger partial charge in [-0.1, -0.05) is 33.1 Å². The summed E-state index contributed by atoms with van der Waals surface area (Å²) in [5, 5.41) is 5.87. The van der Waals surface area contributed by atoms with E-state index in [1.54, 1.807) is 6.92 Å². The second kappa shape index (κ2) is 13.9. The van der Waals surface area contributed by atoms with Gasteiger partial charge in [-0.15, -0.1) is 0 Å². The van der Waals surface area contributed by atoms with Gasteiger partial charge in [0.05, 0.1) is 13.2 Å². The van der Waals surface area contributed by atoms with E-state index in [0.717, 1.165) is 38.6 Å². The molecule has 0 aromatic heterocycles. The van der Waals surface area contributed by atoms with E-state index >= 15 is 0 Å². The number of unbranched alkanes of at least 4 members (excludes halogenated alkanes) is 4. The standard InChI is InChI=1S/C16H32N2O3/c1-4-21-16(20)18-11-9-7-5-6-8-10-15(19)13-17-12-14(2)3/h14,17H,4-13H2,1-3H3,(H,18,20). The Labute approximate surface area is 129 Å². The molecule has 0 aliphatic rings. The second-order valence-corrected chi connectivity index (χ2v) is 5.73. The Morgan fingerprint density at radius 3 is 2.38 bits per heavy atom. The molecule has 0 atom stereocenters. The molecule has 0 heterocycles. The third-order valence-corrected chi connectivity index (χ3v) is 3.05. The number of nitrogens with one attached hydrogen (secondary N) is 2. The molecule has 5 nitrogen and oxygen atoms in total. The van der Waals surface area contributed by atoms with E-state index in [2.05, 4.69) is 24.5 Å². The Morgan fingerprint density at radius 1 is 1.05 bits per heavy atom. The third-order valence-electron chi connectivity index (χ3n) is 3.05. The van der Waals surface area contributed by atoms with Crippen molar-refractivity contribution in [2.45, 2.75) is 59.3 Å². The van der Waals surface area contributed by atoms with Gasteiger partial charge in [-0.3, -0.25) is 4.79 Å². The highest BCUT2D eigenvalue weighted by Gasteiger charge is 2.02. The number of carbonyl (C=O) groups excluding carboxylic acids is 2. The van der Waals surface area contributed by atoms with Crippen LogP contribution < -0.4 is 10.6 Å². The van der Waals surface area contributed by atoms with Crippen molar-refractivity contribution in [3.63, 3.8) is 0 Å². The Balaban J connectivity index is 3.25. The molecule has 0 unspecified atom stereocenters. The molecular formula is C16H32N2O3. The van der Waals surface area contributed by atoms with Gasteiger partial charge in [-0.2, -0.15) is 0 Å². The predicted octanol–water partition coefficient (Wildman–Crippen LogP) is 2.89. The average molecular weight is 300 g/mol. The number of hydrogen-bond donors (Lipinski definition) is 2. The smallest absolute Gasteiger partial charge is 0.407 e. The van der Waals surface area contributed by atoms with Crippen LogP contribution in [-0.2, 0) is 9.53 Å². The molecule has 0 radical (unpaired) electrons. The maximum atomic E-state index is 11.6. The summed E-state index contributed by atoms with van der Waals surface area (Å²) in [6.07, 6.45) is 5.53. The first-order valence-corrected chi connectivity index (χ1v) is 8.19. The van der Waals surface area contributed by atoms with E-state index in [1.165, 1.54) is 0 Å². The topological polar surface area (TPSA) is 67.4 Å². The number of ketones is 1. The van der Waals surface area contributed by atoms with Gasteiger partial charge >= 0.3 is 6.09 Å². The van der Waals surface area contributed by atoms with E-state index in [1.807, 2.05) is 0 Å². The molecule has 124 valence electrons. The molecule has 5 heteroatoms. The molecule has 0 aliphatic heterocycles. The van der Waals surface area contributed by atoms with Crippen LogP contribution in [-0.4, -0.2) is 38.1 Å². The van der Waals surface area contributed by atoms with Gasteiger partial charge in [0, 0.05) is 13.0 Å². The van der Waals surface area contributed by atoms with Crippen molar-refractivity contribution in [1.29, 1.82) is 0 Å². The summed E-state index contributed by atoms with van der Waals surface area (Å²) in [5.41, 5.74) is 0. The molecule has 2 N–H and O–H groups in total. The number of Topliss-reactive ketones (excluding diaryl/α,β-unsaturated/α-hetero) is 1. The molecule has 0 aromatic carbocycles. The number of hydrogen-bond acceptors (Lipinski definition) is 4. The zero-order valence-corrected chi connectivity index (χ0v) is 13.9. The lowest BCUT2D eigenvalue weighted by Gasteiger charge is -2.07. The number of rotatable bonds is 13. The highest BCUT2D eigenvalue weighted by molar-refractivity contribution is 5.80. The largest absolute Gasteiger partial charge is 0.450 e. The molecule has 21 heavy (non-hydrogen) atoms. The Kier molecular flexibility index (Phi) is 13.1.